The first-order valence-corrected chi connectivity index (χ1v) is 8.30. The third-order valence-corrected chi connectivity index (χ3v) is 4.61. The molecule has 0 aromatic heterocycles. The van der Waals surface area contributed by atoms with Gasteiger partial charge in [0.2, 0.25) is 10.0 Å². The molecule has 1 aromatic rings. The minimum Gasteiger partial charge on any atom is -0.465 e. The molecule has 0 heterocycles. The van der Waals surface area contributed by atoms with Crippen LogP contribution < -0.4 is 10.0 Å². The van der Waals surface area contributed by atoms with Crippen molar-refractivity contribution in [3.05, 3.63) is 29.3 Å². The summed E-state index contributed by atoms with van der Waals surface area (Å²) in [6.07, 6.45) is 0.993. The van der Waals surface area contributed by atoms with Gasteiger partial charge in [-0.05, 0) is 37.6 Å². The molecule has 2 N–H and O–H groups in total. The van der Waals surface area contributed by atoms with Crippen molar-refractivity contribution in [2.45, 2.75) is 25.2 Å². The van der Waals surface area contributed by atoms with Gasteiger partial charge in [0.05, 0.1) is 17.6 Å². The Hall–Kier alpha value is -1.15. The van der Waals surface area contributed by atoms with Crippen molar-refractivity contribution >= 4 is 28.4 Å². The Kier molecular flexibility index (Phi) is 9.27. The van der Waals surface area contributed by atoms with Crippen molar-refractivity contribution < 1.29 is 17.9 Å². The molecule has 1 rings (SSSR count). The molecule has 0 spiro atoms. The van der Waals surface area contributed by atoms with Crippen molar-refractivity contribution in [2.24, 2.45) is 0 Å². The van der Waals surface area contributed by atoms with Gasteiger partial charge in [-0.25, -0.2) is 17.9 Å². The van der Waals surface area contributed by atoms with E-state index in [2.05, 4.69) is 14.8 Å². The van der Waals surface area contributed by atoms with Crippen LogP contribution in [-0.2, 0) is 14.8 Å². The van der Waals surface area contributed by atoms with E-state index >= 15 is 0 Å². The Morgan fingerprint density at radius 1 is 1.23 bits per heavy atom. The summed E-state index contributed by atoms with van der Waals surface area (Å²) < 4.78 is 31.7. The van der Waals surface area contributed by atoms with Gasteiger partial charge in [0, 0.05) is 13.1 Å². The van der Waals surface area contributed by atoms with Crippen LogP contribution in [0, 0.1) is 6.92 Å². The van der Waals surface area contributed by atoms with Gasteiger partial charge in [-0.1, -0.05) is 13.0 Å². The highest BCUT2D eigenvalue weighted by molar-refractivity contribution is 7.89. The number of benzene rings is 1. The lowest BCUT2D eigenvalue weighted by Gasteiger charge is -2.12. The summed E-state index contributed by atoms with van der Waals surface area (Å²) in [5.74, 6) is -0.547. The second kappa shape index (κ2) is 9.78. The van der Waals surface area contributed by atoms with Crippen LogP contribution in [0.5, 0.6) is 0 Å². The number of sulfonamides is 1. The van der Waals surface area contributed by atoms with Crippen LogP contribution in [0.3, 0.4) is 0 Å². The van der Waals surface area contributed by atoms with E-state index in [9.17, 15) is 13.2 Å². The second-order valence-electron chi connectivity index (χ2n) is 4.57. The SMILES string of the molecule is CCCNCCNS(=O)(=O)c1cccc(C(=O)OC)c1C.Cl. The molecule has 6 nitrogen and oxygen atoms in total. The minimum atomic E-state index is -3.64. The normalized spacial score (nSPS) is 10.9. The van der Waals surface area contributed by atoms with Crippen LogP contribution in [0.2, 0.25) is 0 Å². The fraction of sp³-hybridized carbons (Fsp3) is 0.500. The summed E-state index contributed by atoms with van der Waals surface area (Å²) in [5, 5.41) is 3.11. The largest absolute Gasteiger partial charge is 0.465 e. The Bertz CT molecular complexity index is 591. The third-order valence-electron chi connectivity index (χ3n) is 3.00. The molecule has 0 bridgehead atoms. The number of ether oxygens (including phenoxy) is 1. The van der Waals surface area contributed by atoms with Gasteiger partial charge in [-0.2, -0.15) is 0 Å². The van der Waals surface area contributed by atoms with Gasteiger partial charge < -0.3 is 10.1 Å². The zero-order valence-electron chi connectivity index (χ0n) is 13.0. The number of halogens is 1. The van der Waals surface area contributed by atoms with E-state index in [0.717, 1.165) is 13.0 Å². The van der Waals surface area contributed by atoms with E-state index in [1.807, 2.05) is 6.92 Å². The van der Waals surface area contributed by atoms with Gasteiger partial charge in [0.25, 0.3) is 0 Å². The minimum absolute atomic E-state index is 0. The number of carbonyl (C=O) groups excluding carboxylic acids is 1. The molecule has 0 saturated heterocycles. The van der Waals surface area contributed by atoms with Crippen molar-refractivity contribution in [1.29, 1.82) is 0 Å². The monoisotopic (exact) mass is 350 g/mol. The van der Waals surface area contributed by atoms with E-state index in [-0.39, 0.29) is 22.9 Å². The van der Waals surface area contributed by atoms with Crippen molar-refractivity contribution in [3.63, 3.8) is 0 Å². The number of nitrogens with one attached hydrogen (secondary N) is 2. The molecule has 0 saturated carbocycles. The van der Waals surface area contributed by atoms with Gasteiger partial charge in [-0.3, -0.25) is 0 Å². The summed E-state index contributed by atoms with van der Waals surface area (Å²) >= 11 is 0. The molecule has 0 aliphatic carbocycles. The quantitative estimate of drug-likeness (QED) is 0.548. The molecule has 0 amide bonds. The molecule has 0 fully saturated rings. The second-order valence-corrected chi connectivity index (χ2v) is 6.30. The number of esters is 1. The van der Waals surface area contributed by atoms with Crippen LogP contribution in [0.25, 0.3) is 0 Å². The highest BCUT2D eigenvalue weighted by atomic mass is 35.5. The molecule has 126 valence electrons. The van der Waals surface area contributed by atoms with Crippen molar-refractivity contribution in [1.82, 2.24) is 10.0 Å². The summed E-state index contributed by atoms with van der Waals surface area (Å²) in [6, 6.07) is 4.55. The Morgan fingerprint density at radius 2 is 1.91 bits per heavy atom. The molecule has 0 aliphatic rings. The number of hydrogen-bond acceptors (Lipinski definition) is 5. The van der Waals surface area contributed by atoms with E-state index in [0.29, 0.717) is 18.7 Å². The van der Waals surface area contributed by atoms with Crippen LogP contribution in [0.15, 0.2) is 23.1 Å². The first kappa shape index (κ1) is 20.9. The summed E-state index contributed by atoms with van der Waals surface area (Å²) in [5.41, 5.74) is 0.642. The van der Waals surface area contributed by atoms with Gasteiger partial charge in [0.15, 0.2) is 0 Å². The summed E-state index contributed by atoms with van der Waals surface area (Å²) in [6.45, 7) is 5.33. The van der Waals surface area contributed by atoms with E-state index in [1.54, 1.807) is 13.0 Å². The summed E-state index contributed by atoms with van der Waals surface area (Å²) in [4.78, 5) is 11.7. The molecule has 22 heavy (non-hydrogen) atoms. The maximum Gasteiger partial charge on any atom is 0.338 e. The molecule has 0 aliphatic heterocycles. The molecular weight excluding hydrogens is 328 g/mol. The first-order valence-electron chi connectivity index (χ1n) is 6.82. The topological polar surface area (TPSA) is 84.5 Å². The average molecular weight is 351 g/mol. The molecule has 0 unspecified atom stereocenters. The van der Waals surface area contributed by atoms with Gasteiger partial charge >= 0.3 is 5.97 Å². The van der Waals surface area contributed by atoms with Crippen LogP contribution in [-0.4, -0.2) is 41.1 Å². The van der Waals surface area contributed by atoms with E-state index in [4.69, 9.17) is 0 Å². The highest BCUT2D eigenvalue weighted by Gasteiger charge is 2.20. The molecule has 8 heteroatoms. The lowest BCUT2D eigenvalue weighted by molar-refractivity contribution is 0.0599. The Morgan fingerprint density at radius 3 is 2.50 bits per heavy atom. The van der Waals surface area contributed by atoms with Crippen LogP contribution >= 0.6 is 12.4 Å². The first-order chi connectivity index (χ1) is 9.94. The highest BCUT2D eigenvalue weighted by Crippen LogP contribution is 2.19. The molecular formula is C14H23ClN2O4S. The number of methoxy groups -OCH3 is 1. The third kappa shape index (κ3) is 5.57. The molecule has 1 aromatic carbocycles. The standard InChI is InChI=1S/C14H22N2O4S.ClH/c1-4-8-15-9-10-16-21(18,19)13-7-5-6-12(11(13)2)14(17)20-3;/h5-7,15-16H,4,8-10H2,1-3H3;1H. The Labute approximate surface area is 138 Å². The number of rotatable bonds is 8. The fourth-order valence-electron chi connectivity index (χ4n) is 1.89. The van der Waals surface area contributed by atoms with Gasteiger partial charge in [0.1, 0.15) is 0 Å². The Balaban J connectivity index is 0.00000441. The number of carbonyl (C=O) groups is 1. The van der Waals surface area contributed by atoms with E-state index < -0.39 is 16.0 Å². The summed E-state index contributed by atoms with van der Waals surface area (Å²) in [7, 11) is -2.38. The number of hydrogen-bond donors (Lipinski definition) is 2. The predicted molar refractivity (Wildman–Crippen MR) is 88.1 cm³/mol. The van der Waals surface area contributed by atoms with Crippen molar-refractivity contribution in [2.75, 3.05) is 26.7 Å². The average Bonchev–Trinajstić information content (AvgIpc) is 2.46. The molecule has 0 atom stereocenters. The lowest BCUT2D eigenvalue weighted by Crippen LogP contribution is -2.32. The zero-order valence-corrected chi connectivity index (χ0v) is 14.6. The van der Waals surface area contributed by atoms with Crippen molar-refractivity contribution in [3.8, 4) is 0 Å². The van der Waals surface area contributed by atoms with E-state index in [1.165, 1.54) is 19.2 Å². The predicted octanol–water partition coefficient (Wildman–Crippen LogP) is 1.48. The van der Waals surface area contributed by atoms with Crippen LogP contribution in [0.4, 0.5) is 0 Å². The zero-order chi connectivity index (χ0) is 15.9. The maximum atomic E-state index is 12.3. The lowest BCUT2D eigenvalue weighted by atomic mass is 10.1. The van der Waals surface area contributed by atoms with Crippen LogP contribution in [0.1, 0.15) is 29.3 Å². The maximum absolute atomic E-state index is 12.3. The smallest absolute Gasteiger partial charge is 0.338 e. The fourth-order valence-corrected chi connectivity index (χ4v) is 3.19. The molecule has 0 radical (unpaired) electrons. The van der Waals surface area contributed by atoms with Gasteiger partial charge in [-0.15, -0.1) is 12.4 Å².